The van der Waals surface area contributed by atoms with Gasteiger partial charge in [0.15, 0.2) is 0 Å². The third kappa shape index (κ3) is 3.71. The lowest BCUT2D eigenvalue weighted by Gasteiger charge is -2.07. The predicted octanol–water partition coefficient (Wildman–Crippen LogP) is 8.51. The second kappa shape index (κ2) is 8.27. The van der Waals surface area contributed by atoms with Gasteiger partial charge in [0, 0.05) is 41.0 Å². The van der Waals surface area contributed by atoms with Crippen LogP contribution in [0.3, 0.4) is 0 Å². The number of hydrogen-bond donors (Lipinski definition) is 0. The molecule has 3 heteroatoms. The van der Waals surface area contributed by atoms with Gasteiger partial charge in [-0.25, -0.2) is 4.39 Å². The summed E-state index contributed by atoms with van der Waals surface area (Å²) < 4.78 is 34.0. The van der Waals surface area contributed by atoms with E-state index in [1.54, 1.807) is 41.8 Å². The normalized spacial score (nSPS) is 12.6. The molecule has 158 valence electrons. The highest BCUT2D eigenvalue weighted by Crippen LogP contribution is 2.41. The minimum Gasteiger partial charge on any atom is -0.256 e. The maximum atomic E-state index is 14.4. The van der Waals surface area contributed by atoms with Gasteiger partial charge in [-0.3, -0.25) is 4.98 Å². The number of rotatable bonds is 4. The Morgan fingerprint density at radius 1 is 0.758 bits per heavy atom. The van der Waals surface area contributed by atoms with Crippen LogP contribution in [0.2, 0.25) is 0 Å². The lowest BCUT2D eigenvalue weighted by atomic mass is 10.0. The topological polar surface area (TPSA) is 12.9 Å². The highest BCUT2D eigenvalue weighted by Gasteiger charge is 2.13. The molecule has 4 aromatic carbocycles. The molecule has 2 heterocycles. The van der Waals surface area contributed by atoms with Gasteiger partial charge in [0.1, 0.15) is 5.82 Å². The summed E-state index contributed by atoms with van der Waals surface area (Å²) >= 11 is 1.71. The summed E-state index contributed by atoms with van der Waals surface area (Å²) in [5.74, 6) is -0.559. The molecule has 6 aromatic rings. The summed E-state index contributed by atoms with van der Waals surface area (Å²) in [6.45, 7) is 0. The van der Waals surface area contributed by atoms with E-state index >= 15 is 0 Å². The van der Waals surface area contributed by atoms with Gasteiger partial charge in [-0.2, -0.15) is 0 Å². The molecule has 1 nitrogen and oxygen atoms in total. The fraction of sp³-hybridized carbons (Fsp3) is 0.0333. The van der Waals surface area contributed by atoms with Gasteiger partial charge in [0.25, 0.3) is 0 Å². The second-order valence-corrected chi connectivity index (χ2v) is 8.95. The van der Waals surface area contributed by atoms with E-state index in [2.05, 4.69) is 41.4 Å². The summed E-state index contributed by atoms with van der Waals surface area (Å²) in [6, 6.07) is 32.4. The zero-order valence-corrected chi connectivity index (χ0v) is 18.4. The Balaban J connectivity index is 1.49. The average molecular weight is 448 g/mol. The molecule has 0 radical (unpaired) electrons. The molecule has 0 atom stereocenters. The first-order chi connectivity index (χ1) is 17.0. The van der Waals surface area contributed by atoms with Crippen molar-refractivity contribution in [2.24, 2.45) is 0 Å². The molecular formula is C30H20FNS. The number of benzene rings is 4. The van der Waals surface area contributed by atoms with Gasteiger partial charge >= 0.3 is 0 Å². The molecule has 2 aromatic heterocycles. The fourth-order valence-electron chi connectivity index (χ4n) is 4.18. The SMILES string of the molecule is [2H]C([2H])(c1ccnc(-c2cccc3c2sc2ccc(-c4ccccc4)cc23)c1)c1ccccc1F. The number of aromatic nitrogens is 1. The molecule has 0 amide bonds. The first-order valence-corrected chi connectivity index (χ1v) is 11.6. The van der Waals surface area contributed by atoms with Crippen molar-refractivity contribution in [2.45, 2.75) is 6.37 Å². The molecule has 0 unspecified atom stereocenters. The van der Waals surface area contributed by atoms with E-state index in [1.165, 1.54) is 33.3 Å². The van der Waals surface area contributed by atoms with Gasteiger partial charge < -0.3 is 0 Å². The van der Waals surface area contributed by atoms with Crippen molar-refractivity contribution in [2.75, 3.05) is 0 Å². The van der Waals surface area contributed by atoms with Gasteiger partial charge in [-0.05, 0) is 52.6 Å². The van der Waals surface area contributed by atoms with Crippen LogP contribution in [0.4, 0.5) is 4.39 Å². The molecule has 0 saturated heterocycles. The smallest absolute Gasteiger partial charge is 0.126 e. The predicted molar refractivity (Wildman–Crippen MR) is 137 cm³/mol. The highest BCUT2D eigenvalue weighted by molar-refractivity contribution is 7.26. The molecule has 0 spiro atoms. The van der Waals surface area contributed by atoms with Gasteiger partial charge in [-0.15, -0.1) is 11.3 Å². The van der Waals surface area contributed by atoms with Crippen molar-refractivity contribution in [3.8, 4) is 22.4 Å². The van der Waals surface area contributed by atoms with Crippen LogP contribution in [-0.2, 0) is 6.37 Å². The average Bonchev–Trinajstić information content (AvgIpc) is 3.27. The molecular weight excluding hydrogens is 425 g/mol. The Labute approximate surface area is 198 Å². The quantitative estimate of drug-likeness (QED) is 0.264. The van der Waals surface area contributed by atoms with Gasteiger partial charge in [0.2, 0.25) is 0 Å². The van der Waals surface area contributed by atoms with Crippen molar-refractivity contribution in [1.29, 1.82) is 0 Å². The van der Waals surface area contributed by atoms with Crippen LogP contribution >= 0.6 is 11.3 Å². The lowest BCUT2D eigenvalue weighted by molar-refractivity contribution is 0.614. The maximum Gasteiger partial charge on any atom is 0.126 e. The van der Waals surface area contributed by atoms with E-state index in [0.29, 0.717) is 11.3 Å². The zero-order chi connectivity index (χ0) is 24.0. The number of pyridine rings is 1. The van der Waals surface area contributed by atoms with Crippen molar-refractivity contribution < 1.29 is 7.13 Å². The van der Waals surface area contributed by atoms with Crippen LogP contribution in [-0.4, -0.2) is 4.98 Å². The molecule has 6 rings (SSSR count). The van der Waals surface area contributed by atoms with E-state index in [4.69, 9.17) is 2.74 Å². The highest BCUT2D eigenvalue weighted by atomic mass is 32.1. The maximum absolute atomic E-state index is 14.4. The van der Waals surface area contributed by atoms with Crippen molar-refractivity contribution in [1.82, 2.24) is 4.98 Å². The molecule has 0 aliphatic carbocycles. The first-order valence-electron chi connectivity index (χ1n) is 11.7. The zero-order valence-electron chi connectivity index (χ0n) is 19.6. The standard InChI is InChI=1S/C30H20FNS/c31-27-12-5-4-9-23(27)17-20-15-16-32-28(18-20)25-11-6-10-24-26-19-22(21-7-2-1-3-8-21)13-14-29(26)33-30(24)25/h1-16,18-19H,17H2/i17D2. The second-order valence-electron chi connectivity index (χ2n) is 7.90. The Morgan fingerprint density at radius 2 is 1.61 bits per heavy atom. The Kier molecular flexibility index (Phi) is 4.44. The molecule has 0 fully saturated rings. The van der Waals surface area contributed by atoms with Gasteiger partial charge in [-0.1, -0.05) is 72.8 Å². The summed E-state index contributed by atoms with van der Waals surface area (Å²) in [5, 5.41) is 2.33. The number of halogens is 1. The van der Waals surface area contributed by atoms with Crippen molar-refractivity contribution >= 4 is 31.5 Å². The minimum atomic E-state index is -1.98. The number of thiophene rings is 1. The molecule has 33 heavy (non-hydrogen) atoms. The molecule has 0 aliphatic heterocycles. The molecule has 0 bridgehead atoms. The fourth-order valence-corrected chi connectivity index (χ4v) is 5.39. The van der Waals surface area contributed by atoms with Crippen LogP contribution in [0, 0.1) is 5.82 Å². The van der Waals surface area contributed by atoms with Crippen LogP contribution in [0.1, 0.15) is 13.9 Å². The third-order valence-electron chi connectivity index (χ3n) is 5.79. The molecule has 0 aliphatic rings. The van der Waals surface area contributed by atoms with E-state index in [0.717, 1.165) is 15.6 Å². The lowest BCUT2D eigenvalue weighted by Crippen LogP contribution is -1.94. The van der Waals surface area contributed by atoms with Gasteiger partial charge in [0.05, 0.1) is 5.69 Å². The summed E-state index contributed by atoms with van der Waals surface area (Å²) in [7, 11) is 0. The summed E-state index contributed by atoms with van der Waals surface area (Å²) in [4.78, 5) is 4.57. The number of fused-ring (bicyclic) bond motifs is 3. The largest absolute Gasteiger partial charge is 0.256 e. The first kappa shape index (κ1) is 17.7. The van der Waals surface area contributed by atoms with E-state index in [9.17, 15) is 4.39 Å². The molecule has 0 N–H and O–H groups in total. The number of hydrogen-bond acceptors (Lipinski definition) is 2. The Hall–Kier alpha value is -3.82. The van der Waals surface area contributed by atoms with E-state index < -0.39 is 12.2 Å². The summed E-state index contributed by atoms with van der Waals surface area (Å²) in [6.07, 6.45) is -0.384. The summed E-state index contributed by atoms with van der Waals surface area (Å²) in [5.41, 5.74) is 4.35. The third-order valence-corrected chi connectivity index (χ3v) is 7.01. The van der Waals surface area contributed by atoms with E-state index in [1.807, 2.05) is 30.3 Å². The molecule has 0 saturated carbocycles. The van der Waals surface area contributed by atoms with Crippen LogP contribution in [0.25, 0.3) is 42.6 Å². The van der Waals surface area contributed by atoms with Crippen molar-refractivity contribution in [3.05, 3.63) is 126 Å². The van der Waals surface area contributed by atoms with Crippen LogP contribution < -0.4 is 0 Å². The van der Waals surface area contributed by atoms with E-state index in [-0.39, 0.29) is 5.56 Å². The van der Waals surface area contributed by atoms with Crippen LogP contribution in [0.5, 0.6) is 0 Å². The van der Waals surface area contributed by atoms with Crippen LogP contribution in [0.15, 0.2) is 109 Å². The van der Waals surface area contributed by atoms with Crippen molar-refractivity contribution in [3.63, 3.8) is 0 Å². The number of nitrogens with zero attached hydrogens (tertiary/aromatic N) is 1. The minimum absolute atomic E-state index is 0.0191. The Bertz CT molecular complexity index is 1690. The Morgan fingerprint density at radius 3 is 2.48 bits per heavy atom. The monoisotopic (exact) mass is 447 g/mol.